The highest BCUT2D eigenvalue weighted by Crippen LogP contribution is 2.30. The Balaban J connectivity index is 2.61. The van der Waals surface area contributed by atoms with Gasteiger partial charge in [0, 0.05) is 10.8 Å². The van der Waals surface area contributed by atoms with Crippen molar-refractivity contribution < 1.29 is 9.52 Å². The standard InChI is InChI=1S/C14H18O2/c1-9-10(2)16-13-7-11(5-6-12(9)13)14(3,4)8-15/h5-7,15H,8H2,1-4H3. The van der Waals surface area contributed by atoms with Gasteiger partial charge in [0.15, 0.2) is 0 Å². The van der Waals surface area contributed by atoms with Crippen LogP contribution >= 0.6 is 0 Å². The smallest absolute Gasteiger partial charge is 0.134 e. The Kier molecular flexibility index (Phi) is 2.55. The Morgan fingerprint density at radius 1 is 1.25 bits per heavy atom. The zero-order chi connectivity index (χ0) is 11.9. The molecule has 0 aliphatic heterocycles. The van der Waals surface area contributed by atoms with Gasteiger partial charge >= 0.3 is 0 Å². The van der Waals surface area contributed by atoms with Crippen LogP contribution in [0, 0.1) is 13.8 Å². The maximum absolute atomic E-state index is 9.35. The van der Waals surface area contributed by atoms with Crippen LogP contribution in [0.2, 0.25) is 0 Å². The lowest BCUT2D eigenvalue weighted by Gasteiger charge is -2.21. The molecule has 1 heterocycles. The van der Waals surface area contributed by atoms with Crippen molar-refractivity contribution in [1.82, 2.24) is 0 Å². The predicted molar refractivity (Wildman–Crippen MR) is 65.8 cm³/mol. The van der Waals surface area contributed by atoms with Crippen LogP contribution < -0.4 is 0 Å². The molecule has 0 atom stereocenters. The minimum Gasteiger partial charge on any atom is -0.461 e. The summed E-state index contributed by atoms with van der Waals surface area (Å²) in [6.07, 6.45) is 0. The summed E-state index contributed by atoms with van der Waals surface area (Å²) in [4.78, 5) is 0. The van der Waals surface area contributed by atoms with E-state index in [1.165, 1.54) is 5.56 Å². The third-order valence-electron chi connectivity index (χ3n) is 3.35. The van der Waals surface area contributed by atoms with Gasteiger partial charge < -0.3 is 9.52 Å². The number of hydrogen-bond donors (Lipinski definition) is 1. The molecular weight excluding hydrogens is 200 g/mol. The van der Waals surface area contributed by atoms with Crippen LogP contribution in [0.25, 0.3) is 11.0 Å². The number of aryl methyl sites for hydroxylation is 2. The van der Waals surface area contributed by atoms with Gasteiger partial charge in [-0.05, 0) is 31.0 Å². The van der Waals surface area contributed by atoms with Crippen molar-refractivity contribution in [2.24, 2.45) is 0 Å². The number of aliphatic hydroxyl groups is 1. The normalized spacial score (nSPS) is 12.3. The van der Waals surface area contributed by atoms with Gasteiger partial charge in [0.25, 0.3) is 0 Å². The lowest BCUT2D eigenvalue weighted by atomic mass is 9.85. The summed E-state index contributed by atoms with van der Waals surface area (Å²) in [5.41, 5.74) is 3.00. The monoisotopic (exact) mass is 218 g/mol. The largest absolute Gasteiger partial charge is 0.461 e. The third kappa shape index (κ3) is 1.63. The Bertz CT molecular complexity index is 521. The highest BCUT2D eigenvalue weighted by molar-refractivity contribution is 5.82. The minimum atomic E-state index is -0.219. The molecule has 2 nitrogen and oxygen atoms in total. The van der Waals surface area contributed by atoms with Crippen molar-refractivity contribution >= 4 is 11.0 Å². The number of hydrogen-bond acceptors (Lipinski definition) is 2. The van der Waals surface area contributed by atoms with Gasteiger partial charge in [-0.15, -0.1) is 0 Å². The summed E-state index contributed by atoms with van der Waals surface area (Å²) in [6, 6.07) is 6.18. The molecule has 0 saturated heterocycles. The Morgan fingerprint density at radius 2 is 1.94 bits per heavy atom. The van der Waals surface area contributed by atoms with Crippen LogP contribution in [-0.2, 0) is 5.41 Å². The van der Waals surface area contributed by atoms with E-state index < -0.39 is 0 Å². The van der Waals surface area contributed by atoms with Gasteiger partial charge in [0.05, 0.1) is 6.61 Å². The van der Waals surface area contributed by atoms with Crippen molar-refractivity contribution in [2.45, 2.75) is 33.1 Å². The fraction of sp³-hybridized carbons (Fsp3) is 0.429. The number of rotatable bonds is 2. The highest BCUT2D eigenvalue weighted by Gasteiger charge is 2.20. The average Bonchev–Trinajstić information content (AvgIpc) is 2.54. The number of furan rings is 1. The molecular formula is C14H18O2. The molecule has 0 unspecified atom stereocenters. The second kappa shape index (κ2) is 3.63. The van der Waals surface area contributed by atoms with Crippen molar-refractivity contribution in [1.29, 1.82) is 0 Å². The van der Waals surface area contributed by atoms with Crippen LogP contribution in [0.4, 0.5) is 0 Å². The molecule has 0 aliphatic carbocycles. The molecule has 1 N–H and O–H groups in total. The van der Waals surface area contributed by atoms with E-state index in [0.29, 0.717) is 0 Å². The van der Waals surface area contributed by atoms with Gasteiger partial charge in [-0.1, -0.05) is 26.0 Å². The first-order valence-corrected chi connectivity index (χ1v) is 5.57. The molecule has 0 spiro atoms. The summed E-state index contributed by atoms with van der Waals surface area (Å²) >= 11 is 0. The lowest BCUT2D eigenvalue weighted by molar-refractivity contribution is 0.218. The summed E-state index contributed by atoms with van der Waals surface area (Å²) in [5, 5.41) is 10.5. The van der Waals surface area contributed by atoms with E-state index in [1.54, 1.807) is 0 Å². The first-order chi connectivity index (χ1) is 7.45. The first-order valence-electron chi connectivity index (χ1n) is 5.57. The Labute approximate surface area is 95.9 Å². The van der Waals surface area contributed by atoms with Crippen molar-refractivity contribution in [3.63, 3.8) is 0 Å². The molecule has 0 aliphatic rings. The lowest BCUT2D eigenvalue weighted by Crippen LogP contribution is -2.21. The van der Waals surface area contributed by atoms with Crippen molar-refractivity contribution in [3.05, 3.63) is 35.1 Å². The van der Waals surface area contributed by atoms with Gasteiger partial charge in [0.2, 0.25) is 0 Å². The third-order valence-corrected chi connectivity index (χ3v) is 3.35. The van der Waals surface area contributed by atoms with E-state index in [1.807, 2.05) is 26.8 Å². The summed E-state index contributed by atoms with van der Waals surface area (Å²) in [5.74, 6) is 0.967. The summed E-state index contributed by atoms with van der Waals surface area (Å²) < 4.78 is 5.70. The molecule has 0 amide bonds. The van der Waals surface area contributed by atoms with Gasteiger partial charge in [0.1, 0.15) is 11.3 Å². The molecule has 0 radical (unpaired) electrons. The predicted octanol–water partition coefficient (Wildman–Crippen LogP) is 3.32. The van der Waals surface area contributed by atoms with Gasteiger partial charge in [-0.3, -0.25) is 0 Å². The molecule has 1 aromatic heterocycles. The number of benzene rings is 1. The Morgan fingerprint density at radius 3 is 2.56 bits per heavy atom. The second-order valence-corrected chi connectivity index (χ2v) is 5.04. The van der Waals surface area contributed by atoms with E-state index in [2.05, 4.69) is 19.1 Å². The van der Waals surface area contributed by atoms with Gasteiger partial charge in [-0.2, -0.15) is 0 Å². The molecule has 86 valence electrons. The van der Waals surface area contributed by atoms with Crippen LogP contribution in [0.3, 0.4) is 0 Å². The molecule has 2 heteroatoms. The van der Waals surface area contributed by atoms with Crippen LogP contribution in [0.1, 0.15) is 30.7 Å². The molecule has 0 fully saturated rings. The first kappa shape index (κ1) is 11.2. The minimum absolute atomic E-state index is 0.136. The van der Waals surface area contributed by atoms with Crippen LogP contribution in [0.5, 0.6) is 0 Å². The second-order valence-electron chi connectivity index (χ2n) is 5.04. The van der Waals surface area contributed by atoms with Crippen LogP contribution in [0.15, 0.2) is 22.6 Å². The zero-order valence-electron chi connectivity index (χ0n) is 10.3. The van der Waals surface area contributed by atoms with E-state index in [9.17, 15) is 5.11 Å². The Hall–Kier alpha value is -1.28. The molecule has 2 rings (SSSR count). The van der Waals surface area contributed by atoms with E-state index in [0.717, 1.165) is 22.3 Å². The van der Waals surface area contributed by atoms with E-state index in [4.69, 9.17) is 4.42 Å². The average molecular weight is 218 g/mol. The van der Waals surface area contributed by atoms with E-state index in [-0.39, 0.29) is 12.0 Å². The molecule has 1 aromatic carbocycles. The number of aliphatic hydroxyl groups excluding tert-OH is 1. The quantitative estimate of drug-likeness (QED) is 0.838. The summed E-state index contributed by atoms with van der Waals surface area (Å²) in [6.45, 7) is 8.23. The number of fused-ring (bicyclic) bond motifs is 1. The van der Waals surface area contributed by atoms with E-state index >= 15 is 0 Å². The molecule has 16 heavy (non-hydrogen) atoms. The van der Waals surface area contributed by atoms with Crippen LogP contribution in [-0.4, -0.2) is 11.7 Å². The summed E-state index contributed by atoms with van der Waals surface area (Å²) in [7, 11) is 0. The molecule has 0 saturated carbocycles. The molecule has 0 bridgehead atoms. The zero-order valence-corrected chi connectivity index (χ0v) is 10.3. The topological polar surface area (TPSA) is 33.4 Å². The highest BCUT2D eigenvalue weighted by atomic mass is 16.3. The fourth-order valence-electron chi connectivity index (χ4n) is 1.86. The van der Waals surface area contributed by atoms with Crippen molar-refractivity contribution in [2.75, 3.05) is 6.61 Å². The molecule has 2 aromatic rings. The maximum Gasteiger partial charge on any atom is 0.134 e. The maximum atomic E-state index is 9.35. The fourth-order valence-corrected chi connectivity index (χ4v) is 1.86. The SMILES string of the molecule is Cc1oc2cc(C(C)(C)CO)ccc2c1C. The van der Waals surface area contributed by atoms with Gasteiger partial charge in [-0.25, -0.2) is 0 Å². The van der Waals surface area contributed by atoms with Crippen molar-refractivity contribution in [3.8, 4) is 0 Å².